The maximum absolute atomic E-state index is 14.0. The average Bonchev–Trinajstić information content (AvgIpc) is 4.19. The number of aliphatic hydroxyl groups excluding tert-OH is 1. The van der Waals surface area contributed by atoms with Crippen LogP contribution in [0.5, 0.6) is 0 Å². The van der Waals surface area contributed by atoms with E-state index in [0.29, 0.717) is 70.1 Å². The molecule has 3 aliphatic heterocycles. The number of aromatic amines is 1. The van der Waals surface area contributed by atoms with Gasteiger partial charge in [0.2, 0.25) is 23.6 Å². The van der Waals surface area contributed by atoms with E-state index in [1.165, 1.54) is 4.90 Å². The molecule has 0 unspecified atom stereocenters. The zero-order chi connectivity index (χ0) is 54.7. The summed E-state index contributed by atoms with van der Waals surface area (Å²) in [6, 6.07) is 15.4. The number of nitrogens with one attached hydrogen (secondary N) is 4. The Kier molecular flexibility index (Phi) is 19.5. The second-order valence-electron chi connectivity index (χ2n) is 21.4. The van der Waals surface area contributed by atoms with E-state index in [4.69, 9.17) is 26.8 Å². The van der Waals surface area contributed by atoms with Crippen molar-refractivity contribution in [2.24, 2.45) is 11.1 Å². The van der Waals surface area contributed by atoms with Crippen LogP contribution in [0.4, 0.5) is 5.82 Å². The van der Waals surface area contributed by atoms with Gasteiger partial charge >= 0.3 is 0 Å². The number of amides is 4. The molecule has 2 aromatic carbocycles. The number of likely N-dealkylation sites (tertiary alicyclic amines) is 1. The van der Waals surface area contributed by atoms with Crippen LogP contribution in [0.2, 0.25) is 5.02 Å². The number of fused-ring (bicyclic) bond motifs is 1. The Hall–Kier alpha value is -5.91. The van der Waals surface area contributed by atoms with Gasteiger partial charge < -0.3 is 50.6 Å². The Morgan fingerprint density at radius 1 is 0.935 bits per heavy atom. The van der Waals surface area contributed by atoms with E-state index in [0.717, 1.165) is 44.1 Å². The first-order valence-corrected chi connectivity index (χ1v) is 27.8. The van der Waals surface area contributed by atoms with Crippen LogP contribution in [0.15, 0.2) is 72.6 Å². The molecule has 0 bridgehead atoms. The zero-order valence-electron chi connectivity index (χ0n) is 44.5. The Morgan fingerprint density at radius 2 is 1.66 bits per heavy atom. The van der Waals surface area contributed by atoms with Crippen molar-refractivity contribution in [3.8, 4) is 10.4 Å². The molecule has 0 radical (unpaired) electrons. The van der Waals surface area contributed by atoms with E-state index in [2.05, 4.69) is 45.7 Å². The summed E-state index contributed by atoms with van der Waals surface area (Å²) in [5.74, 6) is -0.357. The predicted octanol–water partition coefficient (Wildman–Crippen LogP) is 4.01. The minimum absolute atomic E-state index is 0.00264. The fourth-order valence-electron chi connectivity index (χ4n) is 10.2. The summed E-state index contributed by atoms with van der Waals surface area (Å²) in [5, 5.41) is 21.5. The van der Waals surface area contributed by atoms with Crippen molar-refractivity contribution in [1.29, 1.82) is 0 Å². The number of hydrogen-bond donors (Lipinski definition) is 6. The molecule has 0 aliphatic carbocycles. The molecule has 22 heteroatoms. The van der Waals surface area contributed by atoms with Gasteiger partial charge in [-0.05, 0) is 66.5 Å². The van der Waals surface area contributed by atoms with Crippen LogP contribution in [0.3, 0.4) is 0 Å². The maximum Gasteiger partial charge on any atom is 0.243 e. The highest BCUT2D eigenvalue weighted by atomic mass is 35.5. The molecule has 20 nitrogen and oxygen atoms in total. The van der Waals surface area contributed by atoms with E-state index in [9.17, 15) is 29.1 Å². The molecule has 8 rings (SSSR count). The van der Waals surface area contributed by atoms with Crippen LogP contribution < -0.4 is 26.6 Å². The fraction of sp³-hybridized carbons (Fsp3) is 0.527. The molecule has 414 valence electrons. The molecule has 0 saturated carbocycles. The highest BCUT2D eigenvalue weighted by molar-refractivity contribution is 7.13. The van der Waals surface area contributed by atoms with E-state index in [1.54, 1.807) is 17.7 Å². The number of halogens is 1. The number of aromatic nitrogens is 4. The van der Waals surface area contributed by atoms with Gasteiger partial charge in [-0.15, -0.1) is 11.3 Å². The first-order valence-electron chi connectivity index (χ1n) is 26.5. The molecule has 4 atom stereocenters. The molecule has 4 amide bonds. The number of piperidine rings is 1. The van der Waals surface area contributed by atoms with Crippen LogP contribution in [-0.2, 0) is 40.0 Å². The van der Waals surface area contributed by atoms with Crippen molar-refractivity contribution in [2.45, 2.75) is 96.1 Å². The van der Waals surface area contributed by atoms with Crippen molar-refractivity contribution >= 4 is 69.2 Å². The number of anilines is 1. The van der Waals surface area contributed by atoms with Gasteiger partial charge in [0, 0.05) is 76.5 Å². The SMILES string of the molecule is Cc1ncsc1-c1ccc(CNC(=O)[C@@H]2C[C@@H](O)CN2C(=O)[C@@H](NCC(=O)COCCOCCC(=O)N2CCN(CC[C@H](NC(=O)C3(N)CCN(c4ncnc5[nH]ccc45)CC3)c3ccc(Cl)cc3)CC2)C(C)(C)C)cc1. The number of carbonyl (C=O) groups is 5. The van der Waals surface area contributed by atoms with E-state index in [1.807, 2.05) is 98.9 Å². The van der Waals surface area contributed by atoms with Crippen molar-refractivity contribution < 1.29 is 38.6 Å². The van der Waals surface area contributed by atoms with Crippen molar-refractivity contribution in [1.82, 2.24) is 50.6 Å². The van der Waals surface area contributed by atoms with Crippen molar-refractivity contribution in [3.63, 3.8) is 0 Å². The first-order chi connectivity index (χ1) is 37.0. The second kappa shape index (κ2) is 26.2. The van der Waals surface area contributed by atoms with Crippen molar-refractivity contribution in [3.05, 3.63) is 94.5 Å². The van der Waals surface area contributed by atoms with Gasteiger partial charge in [0.25, 0.3) is 0 Å². The van der Waals surface area contributed by atoms with Crippen LogP contribution in [0.1, 0.15) is 75.7 Å². The molecule has 3 saturated heterocycles. The van der Waals surface area contributed by atoms with Gasteiger partial charge in [-0.3, -0.25) is 34.2 Å². The van der Waals surface area contributed by atoms with Crippen LogP contribution >= 0.6 is 22.9 Å². The summed E-state index contributed by atoms with van der Waals surface area (Å²) in [6.45, 7) is 12.4. The Labute approximate surface area is 458 Å². The number of Topliss-reactive ketones (excluding diaryl/α,β-unsaturated/α-hetero) is 1. The van der Waals surface area contributed by atoms with Crippen LogP contribution in [-0.4, -0.2) is 178 Å². The lowest BCUT2D eigenvalue weighted by Crippen LogP contribution is -2.60. The summed E-state index contributed by atoms with van der Waals surface area (Å²) < 4.78 is 11.3. The second-order valence-corrected chi connectivity index (χ2v) is 22.7. The van der Waals surface area contributed by atoms with Gasteiger partial charge in [-0.2, -0.15) is 0 Å². The molecular formula is C55H73ClN12O8S. The Bertz CT molecular complexity index is 2790. The third-order valence-electron chi connectivity index (χ3n) is 14.8. The number of ketones is 1. The molecule has 5 aromatic rings. The standard InChI is InChI=1S/C55H73ClN12O8S/c1-36-47(77-35-63-36)39-7-5-37(6-8-39)30-60-51(72)45-29-41(69)32-68(45)52(73)48(54(2,3)4)59-31-42(70)33-76-28-27-75-26-15-46(71)66-24-22-65(23-25-66)19-14-44(38-9-11-40(56)12-10-38)64-53(74)55(57)16-20-67(21-17-55)50-43-13-18-58-49(43)61-34-62-50/h5-13,18,34-35,41,44-45,48,59,69H,14-17,19-33,57H2,1-4H3,(H,60,72)(H,64,74)(H,58,61,62)/t41-,44+,45+,48-/m1/s1. The summed E-state index contributed by atoms with van der Waals surface area (Å²) in [4.78, 5) is 92.6. The number of benzene rings is 2. The van der Waals surface area contributed by atoms with E-state index >= 15 is 0 Å². The predicted molar refractivity (Wildman–Crippen MR) is 295 cm³/mol. The van der Waals surface area contributed by atoms with Crippen LogP contribution in [0, 0.1) is 12.3 Å². The minimum atomic E-state index is -1.04. The number of thiazole rings is 1. The first kappa shape index (κ1) is 57.3. The third kappa shape index (κ3) is 15.0. The number of piperazine rings is 1. The number of carbonyl (C=O) groups excluding carboxylic acids is 5. The van der Waals surface area contributed by atoms with Gasteiger partial charge in [-0.1, -0.05) is 68.8 Å². The number of nitrogens with two attached hydrogens (primary N) is 1. The molecule has 7 N–H and O–H groups in total. The van der Waals surface area contributed by atoms with E-state index < -0.39 is 29.1 Å². The van der Waals surface area contributed by atoms with Gasteiger partial charge in [0.1, 0.15) is 30.4 Å². The number of β-amino-alcohol motifs (C(OH)–C–C–N with tert-alkyl or cyclic N) is 1. The topological polar surface area (TPSA) is 254 Å². The number of nitrogens with zero attached hydrogens (tertiary/aromatic N) is 7. The number of aryl methyl sites for hydroxylation is 1. The summed E-state index contributed by atoms with van der Waals surface area (Å²) in [6.07, 6.45) is 4.42. The smallest absolute Gasteiger partial charge is 0.243 e. The highest BCUT2D eigenvalue weighted by Crippen LogP contribution is 2.31. The lowest BCUT2D eigenvalue weighted by atomic mass is 9.85. The number of aliphatic hydroxyl groups is 1. The van der Waals surface area contributed by atoms with Gasteiger partial charge in [-0.25, -0.2) is 15.0 Å². The van der Waals surface area contributed by atoms with Gasteiger partial charge in [0.15, 0.2) is 5.78 Å². The third-order valence-corrected chi connectivity index (χ3v) is 16.0. The molecule has 3 fully saturated rings. The zero-order valence-corrected chi connectivity index (χ0v) is 46.0. The molecule has 6 heterocycles. The lowest BCUT2D eigenvalue weighted by molar-refractivity contribution is -0.142. The summed E-state index contributed by atoms with van der Waals surface area (Å²) in [7, 11) is 0. The minimum Gasteiger partial charge on any atom is -0.391 e. The number of ether oxygens (including phenoxy) is 2. The quantitative estimate of drug-likeness (QED) is 0.0506. The normalized spacial score (nSPS) is 18.8. The Balaban J connectivity index is 0.702. The Morgan fingerprint density at radius 3 is 2.36 bits per heavy atom. The number of rotatable bonds is 23. The maximum atomic E-state index is 14.0. The summed E-state index contributed by atoms with van der Waals surface area (Å²) >= 11 is 7.82. The van der Waals surface area contributed by atoms with Crippen LogP contribution in [0.25, 0.3) is 21.5 Å². The molecular weight excluding hydrogens is 1020 g/mol. The molecule has 3 aromatic heterocycles. The van der Waals surface area contributed by atoms with Gasteiger partial charge in [0.05, 0.1) is 78.0 Å². The monoisotopic (exact) mass is 1100 g/mol. The van der Waals surface area contributed by atoms with E-state index in [-0.39, 0.29) is 94.4 Å². The fourth-order valence-corrected chi connectivity index (χ4v) is 11.1. The number of H-pyrrole nitrogens is 1. The molecule has 0 spiro atoms. The van der Waals surface area contributed by atoms with Crippen molar-refractivity contribution in [2.75, 3.05) is 90.2 Å². The molecule has 3 aliphatic rings. The largest absolute Gasteiger partial charge is 0.391 e. The average molecular weight is 1100 g/mol. The highest BCUT2D eigenvalue weighted by Gasteiger charge is 2.44. The molecule has 77 heavy (non-hydrogen) atoms. The number of hydrogen-bond acceptors (Lipinski definition) is 16. The summed E-state index contributed by atoms with van der Waals surface area (Å²) in [5.41, 5.74) is 11.6. The lowest BCUT2D eigenvalue weighted by Gasteiger charge is -2.39.